The molecule has 2 saturated carbocycles. The second-order valence-corrected chi connectivity index (χ2v) is 6.35. The zero-order valence-corrected chi connectivity index (χ0v) is 11.7. The van der Waals surface area contributed by atoms with Crippen LogP contribution < -0.4 is 5.32 Å². The monoisotopic (exact) mass is 237 g/mol. The van der Waals surface area contributed by atoms with Gasteiger partial charge in [-0.25, -0.2) is 0 Å². The van der Waals surface area contributed by atoms with Gasteiger partial charge in [-0.2, -0.15) is 0 Å². The van der Waals surface area contributed by atoms with E-state index in [9.17, 15) is 0 Å². The molecule has 2 rings (SSSR count). The quantitative estimate of drug-likeness (QED) is 0.700. The second kappa shape index (κ2) is 7.41. The van der Waals surface area contributed by atoms with E-state index in [1.54, 1.807) is 6.42 Å². The Morgan fingerprint density at radius 2 is 1.47 bits per heavy atom. The van der Waals surface area contributed by atoms with Crippen LogP contribution in [0.25, 0.3) is 0 Å². The van der Waals surface area contributed by atoms with E-state index < -0.39 is 0 Å². The summed E-state index contributed by atoms with van der Waals surface area (Å²) in [5.41, 5.74) is 0. The summed E-state index contributed by atoms with van der Waals surface area (Å²) in [6.07, 6.45) is 15.1. The van der Waals surface area contributed by atoms with Crippen molar-refractivity contribution in [3.8, 4) is 0 Å². The largest absolute Gasteiger partial charge is 0.317 e. The summed E-state index contributed by atoms with van der Waals surface area (Å²) in [5.74, 6) is 3.11. The van der Waals surface area contributed by atoms with Gasteiger partial charge in [0.05, 0.1) is 0 Å². The Hall–Kier alpha value is -0.0400. The summed E-state index contributed by atoms with van der Waals surface area (Å²) in [6.45, 7) is 4.67. The van der Waals surface area contributed by atoms with Crippen LogP contribution in [0.5, 0.6) is 0 Å². The first-order valence-corrected chi connectivity index (χ1v) is 8.11. The fraction of sp³-hybridized carbons (Fsp3) is 1.00. The van der Waals surface area contributed by atoms with Crippen molar-refractivity contribution in [2.45, 2.75) is 71.1 Å². The molecule has 0 aromatic rings. The maximum atomic E-state index is 3.60. The molecule has 100 valence electrons. The maximum Gasteiger partial charge on any atom is -0.00180 e. The Labute approximate surface area is 108 Å². The van der Waals surface area contributed by atoms with Crippen LogP contribution in [0.4, 0.5) is 0 Å². The van der Waals surface area contributed by atoms with Crippen LogP contribution in [0.1, 0.15) is 71.1 Å². The fourth-order valence-electron chi connectivity index (χ4n) is 4.04. The highest BCUT2D eigenvalue weighted by atomic mass is 14.8. The van der Waals surface area contributed by atoms with Gasteiger partial charge in [0.15, 0.2) is 0 Å². The molecule has 0 amide bonds. The van der Waals surface area contributed by atoms with Crippen molar-refractivity contribution in [3.63, 3.8) is 0 Å². The Kier molecular flexibility index (Phi) is 5.84. The van der Waals surface area contributed by atoms with E-state index >= 15 is 0 Å². The zero-order chi connectivity index (χ0) is 11.9. The van der Waals surface area contributed by atoms with Gasteiger partial charge in [0.2, 0.25) is 0 Å². The molecule has 0 bridgehead atoms. The van der Waals surface area contributed by atoms with E-state index in [0.717, 1.165) is 24.3 Å². The minimum absolute atomic E-state index is 0.984. The third-order valence-corrected chi connectivity index (χ3v) is 5.08. The minimum atomic E-state index is 0.984. The molecule has 2 fully saturated rings. The molecule has 0 radical (unpaired) electrons. The lowest BCUT2D eigenvalue weighted by molar-refractivity contribution is 0.246. The van der Waals surface area contributed by atoms with Gasteiger partial charge in [-0.05, 0) is 43.7 Å². The van der Waals surface area contributed by atoms with Crippen molar-refractivity contribution in [1.29, 1.82) is 0 Å². The predicted octanol–water partition coefficient (Wildman–Crippen LogP) is 4.37. The first kappa shape index (κ1) is 13.4. The normalized spacial score (nSPS) is 31.6. The van der Waals surface area contributed by atoms with Gasteiger partial charge in [-0.1, -0.05) is 58.3 Å². The average Bonchev–Trinajstić information content (AvgIpc) is 2.74. The van der Waals surface area contributed by atoms with E-state index in [2.05, 4.69) is 12.2 Å². The van der Waals surface area contributed by atoms with E-state index in [1.807, 2.05) is 0 Å². The van der Waals surface area contributed by atoms with E-state index in [4.69, 9.17) is 0 Å². The van der Waals surface area contributed by atoms with Gasteiger partial charge in [0.25, 0.3) is 0 Å². The Morgan fingerprint density at radius 3 is 2.18 bits per heavy atom. The van der Waals surface area contributed by atoms with Gasteiger partial charge >= 0.3 is 0 Å². The standard InChI is InChI=1S/C16H31N/c1-2-17-13-16-11-5-3-4-10-15(16)12-14-8-6-7-9-14/h14-17H,2-13H2,1H3. The molecule has 1 N–H and O–H groups in total. The van der Waals surface area contributed by atoms with Gasteiger partial charge in [-0.15, -0.1) is 0 Å². The molecule has 0 spiro atoms. The molecule has 0 heterocycles. The zero-order valence-electron chi connectivity index (χ0n) is 11.7. The van der Waals surface area contributed by atoms with Crippen LogP contribution in [0.3, 0.4) is 0 Å². The van der Waals surface area contributed by atoms with Gasteiger partial charge < -0.3 is 5.32 Å². The molecule has 0 aliphatic heterocycles. The number of rotatable bonds is 5. The molecule has 17 heavy (non-hydrogen) atoms. The van der Waals surface area contributed by atoms with Crippen molar-refractivity contribution in [1.82, 2.24) is 5.32 Å². The third-order valence-electron chi connectivity index (χ3n) is 5.08. The molecule has 1 nitrogen and oxygen atoms in total. The molecular weight excluding hydrogens is 206 g/mol. The molecule has 2 aliphatic rings. The predicted molar refractivity (Wildman–Crippen MR) is 75.2 cm³/mol. The molecule has 2 aliphatic carbocycles. The molecule has 0 aromatic heterocycles. The highest BCUT2D eigenvalue weighted by Gasteiger charge is 2.27. The van der Waals surface area contributed by atoms with Crippen molar-refractivity contribution in [3.05, 3.63) is 0 Å². The lowest BCUT2D eigenvalue weighted by Gasteiger charge is -2.27. The van der Waals surface area contributed by atoms with Crippen LogP contribution in [0.15, 0.2) is 0 Å². The van der Waals surface area contributed by atoms with Crippen molar-refractivity contribution in [2.75, 3.05) is 13.1 Å². The summed E-state index contributed by atoms with van der Waals surface area (Å²) in [5, 5.41) is 3.60. The maximum absolute atomic E-state index is 3.60. The SMILES string of the molecule is CCNCC1CCCCCC1CC1CCCC1. The van der Waals surface area contributed by atoms with Crippen molar-refractivity contribution in [2.24, 2.45) is 17.8 Å². The van der Waals surface area contributed by atoms with Gasteiger partial charge in [0, 0.05) is 0 Å². The Bertz CT molecular complexity index is 196. The molecule has 2 unspecified atom stereocenters. The van der Waals surface area contributed by atoms with Gasteiger partial charge in [-0.3, -0.25) is 0 Å². The molecule has 0 aromatic carbocycles. The summed E-state index contributed by atoms with van der Waals surface area (Å²) < 4.78 is 0. The van der Waals surface area contributed by atoms with E-state index in [-0.39, 0.29) is 0 Å². The van der Waals surface area contributed by atoms with Crippen molar-refractivity contribution >= 4 is 0 Å². The van der Waals surface area contributed by atoms with Crippen LogP contribution in [0.2, 0.25) is 0 Å². The van der Waals surface area contributed by atoms with E-state index in [1.165, 1.54) is 64.3 Å². The number of hydrogen-bond donors (Lipinski definition) is 1. The van der Waals surface area contributed by atoms with Crippen LogP contribution in [-0.4, -0.2) is 13.1 Å². The lowest BCUT2D eigenvalue weighted by Crippen LogP contribution is -2.28. The Morgan fingerprint density at radius 1 is 0.824 bits per heavy atom. The summed E-state index contributed by atoms with van der Waals surface area (Å²) in [4.78, 5) is 0. The highest BCUT2D eigenvalue weighted by Crippen LogP contribution is 2.38. The fourth-order valence-corrected chi connectivity index (χ4v) is 4.04. The number of hydrogen-bond acceptors (Lipinski definition) is 1. The number of nitrogens with one attached hydrogen (secondary N) is 1. The molecule has 2 atom stereocenters. The van der Waals surface area contributed by atoms with Crippen LogP contribution in [-0.2, 0) is 0 Å². The summed E-state index contributed by atoms with van der Waals surface area (Å²) in [6, 6.07) is 0. The van der Waals surface area contributed by atoms with Crippen LogP contribution in [0, 0.1) is 17.8 Å². The smallest absolute Gasteiger partial charge is 0.00180 e. The lowest BCUT2D eigenvalue weighted by atomic mass is 9.80. The van der Waals surface area contributed by atoms with Crippen LogP contribution >= 0.6 is 0 Å². The molecular formula is C16H31N. The first-order chi connectivity index (χ1) is 8.40. The average molecular weight is 237 g/mol. The molecule has 1 heteroatoms. The Balaban J connectivity index is 1.83. The highest BCUT2D eigenvalue weighted by molar-refractivity contribution is 4.80. The molecule has 0 saturated heterocycles. The topological polar surface area (TPSA) is 12.0 Å². The van der Waals surface area contributed by atoms with Crippen molar-refractivity contribution < 1.29 is 0 Å². The van der Waals surface area contributed by atoms with E-state index in [0.29, 0.717) is 0 Å². The summed E-state index contributed by atoms with van der Waals surface area (Å²) in [7, 11) is 0. The second-order valence-electron chi connectivity index (χ2n) is 6.35. The third kappa shape index (κ3) is 4.28. The first-order valence-electron chi connectivity index (χ1n) is 8.11. The van der Waals surface area contributed by atoms with Gasteiger partial charge in [0.1, 0.15) is 0 Å². The minimum Gasteiger partial charge on any atom is -0.317 e. The summed E-state index contributed by atoms with van der Waals surface area (Å²) >= 11 is 0.